The number of nitro groups is 1. The highest BCUT2D eigenvalue weighted by Gasteiger charge is 2.18. The Bertz CT molecular complexity index is 739. The quantitative estimate of drug-likeness (QED) is 0.661. The summed E-state index contributed by atoms with van der Waals surface area (Å²) in [6, 6.07) is 5.48. The molecule has 0 saturated heterocycles. The summed E-state index contributed by atoms with van der Waals surface area (Å²) in [5.41, 5.74) is -0.336. The van der Waals surface area contributed by atoms with Crippen molar-refractivity contribution in [1.82, 2.24) is 4.98 Å². The summed E-state index contributed by atoms with van der Waals surface area (Å²) in [5, 5.41) is 20.3. The van der Waals surface area contributed by atoms with E-state index in [0.717, 1.165) is 11.8 Å². The first kappa shape index (κ1) is 15.6. The summed E-state index contributed by atoms with van der Waals surface area (Å²) in [6.45, 7) is 0. The summed E-state index contributed by atoms with van der Waals surface area (Å²) in [6.07, 6.45) is 1.28. The summed E-state index contributed by atoms with van der Waals surface area (Å²) in [5.74, 6) is -1.18. The first-order valence-corrected chi connectivity index (χ1v) is 6.96. The molecule has 21 heavy (non-hydrogen) atoms. The molecule has 0 aliphatic rings. The highest BCUT2D eigenvalue weighted by atomic mass is 35.5. The maximum atomic E-state index is 11.0. The van der Waals surface area contributed by atoms with Gasteiger partial charge in [0, 0.05) is 17.2 Å². The number of carboxylic acid groups (broad SMARTS) is 1. The van der Waals surface area contributed by atoms with Gasteiger partial charge in [-0.2, -0.15) is 0 Å². The Morgan fingerprint density at radius 3 is 2.67 bits per heavy atom. The number of rotatable bonds is 4. The number of hydrogen-bond donors (Lipinski definition) is 1. The van der Waals surface area contributed by atoms with Crippen LogP contribution in [0.3, 0.4) is 0 Å². The normalized spacial score (nSPS) is 10.4. The van der Waals surface area contributed by atoms with Crippen LogP contribution in [0.1, 0.15) is 10.4 Å². The van der Waals surface area contributed by atoms with E-state index in [-0.39, 0.29) is 26.3 Å². The fourth-order valence-corrected chi connectivity index (χ4v) is 2.70. The monoisotopic (exact) mass is 344 g/mol. The van der Waals surface area contributed by atoms with Crippen molar-refractivity contribution in [3.63, 3.8) is 0 Å². The minimum atomic E-state index is -1.18. The molecule has 0 amide bonds. The van der Waals surface area contributed by atoms with Gasteiger partial charge in [-0.3, -0.25) is 10.1 Å². The van der Waals surface area contributed by atoms with Crippen LogP contribution in [-0.4, -0.2) is 21.0 Å². The largest absolute Gasteiger partial charge is 0.478 e. The molecule has 0 radical (unpaired) electrons. The van der Waals surface area contributed by atoms with Crippen molar-refractivity contribution >= 4 is 46.6 Å². The van der Waals surface area contributed by atoms with E-state index < -0.39 is 10.9 Å². The molecule has 9 heteroatoms. The van der Waals surface area contributed by atoms with E-state index in [4.69, 9.17) is 28.3 Å². The van der Waals surface area contributed by atoms with Gasteiger partial charge in [-0.25, -0.2) is 9.78 Å². The van der Waals surface area contributed by atoms with Gasteiger partial charge < -0.3 is 5.11 Å². The predicted molar refractivity (Wildman–Crippen MR) is 78.4 cm³/mol. The Morgan fingerprint density at radius 1 is 1.33 bits per heavy atom. The van der Waals surface area contributed by atoms with Crippen molar-refractivity contribution < 1.29 is 14.8 Å². The average molecular weight is 345 g/mol. The first-order chi connectivity index (χ1) is 9.88. The lowest BCUT2D eigenvalue weighted by Gasteiger charge is -2.05. The van der Waals surface area contributed by atoms with Crippen molar-refractivity contribution in [2.24, 2.45) is 0 Å². The molecule has 0 bridgehead atoms. The van der Waals surface area contributed by atoms with Gasteiger partial charge in [0.25, 0.3) is 0 Å². The van der Waals surface area contributed by atoms with E-state index in [1.165, 1.54) is 24.4 Å². The zero-order valence-electron chi connectivity index (χ0n) is 10.1. The molecule has 1 heterocycles. The third-order valence-electron chi connectivity index (χ3n) is 2.38. The molecule has 0 unspecified atom stereocenters. The van der Waals surface area contributed by atoms with Gasteiger partial charge in [-0.1, -0.05) is 35.0 Å². The van der Waals surface area contributed by atoms with Crippen LogP contribution >= 0.6 is 35.0 Å². The lowest BCUT2D eigenvalue weighted by Crippen LogP contribution is -1.98. The van der Waals surface area contributed by atoms with Crippen molar-refractivity contribution in [3.05, 3.63) is 56.2 Å². The molecule has 2 aromatic rings. The standard InChI is InChI=1S/C12H6Cl2N2O4S/c13-6-3-10(16(19)20)11(15-5-6)21-7-1-2-9(14)8(4-7)12(17)18/h1-5H,(H,17,18). The zero-order chi connectivity index (χ0) is 15.6. The van der Waals surface area contributed by atoms with Gasteiger partial charge in [0.2, 0.25) is 0 Å². The van der Waals surface area contributed by atoms with Gasteiger partial charge >= 0.3 is 11.7 Å². The summed E-state index contributed by atoms with van der Waals surface area (Å²) >= 11 is 12.4. The Balaban J connectivity index is 2.41. The Morgan fingerprint density at radius 2 is 2.05 bits per heavy atom. The molecule has 1 aromatic heterocycles. The highest BCUT2D eigenvalue weighted by molar-refractivity contribution is 7.99. The van der Waals surface area contributed by atoms with E-state index in [1.807, 2.05) is 0 Å². The second-order valence-corrected chi connectivity index (χ2v) is 5.69. The van der Waals surface area contributed by atoms with Gasteiger partial charge in [-0.15, -0.1) is 0 Å². The third kappa shape index (κ3) is 3.63. The van der Waals surface area contributed by atoms with Crippen LogP contribution in [-0.2, 0) is 0 Å². The van der Waals surface area contributed by atoms with E-state index in [2.05, 4.69) is 4.98 Å². The topological polar surface area (TPSA) is 93.3 Å². The molecule has 0 aliphatic heterocycles. The molecule has 1 aromatic carbocycles. The van der Waals surface area contributed by atoms with Crippen LogP contribution in [0.15, 0.2) is 40.4 Å². The molecule has 0 aliphatic carbocycles. The SMILES string of the molecule is O=C(O)c1cc(Sc2ncc(Cl)cc2[N+](=O)[O-])ccc1Cl. The van der Waals surface area contributed by atoms with E-state index in [1.54, 1.807) is 6.07 Å². The molecule has 108 valence electrons. The zero-order valence-corrected chi connectivity index (χ0v) is 12.4. The summed E-state index contributed by atoms with van der Waals surface area (Å²) in [7, 11) is 0. The van der Waals surface area contributed by atoms with Gasteiger partial charge in [0.05, 0.1) is 20.5 Å². The second-order valence-electron chi connectivity index (χ2n) is 3.78. The molecule has 6 nitrogen and oxygen atoms in total. The molecule has 0 saturated carbocycles. The minimum Gasteiger partial charge on any atom is -0.478 e. The molecule has 2 rings (SSSR count). The van der Waals surface area contributed by atoms with E-state index in [0.29, 0.717) is 4.90 Å². The molecule has 0 spiro atoms. The highest BCUT2D eigenvalue weighted by Crippen LogP contribution is 2.35. The minimum absolute atomic E-state index is 0.0849. The van der Waals surface area contributed by atoms with Gasteiger partial charge in [0.1, 0.15) is 0 Å². The van der Waals surface area contributed by atoms with E-state index >= 15 is 0 Å². The lowest BCUT2D eigenvalue weighted by molar-refractivity contribution is -0.388. The van der Waals surface area contributed by atoms with Crippen LogP contribution in [0.4, 0.5) is 5.69 Å². The number of aromatic carboxylic acids is 1. The fourth-order valence-electron chi connectivity index (χ4n) is 1.47. The molecule has 1 N–H and O–H groups in total. The third-order valence-corrected chi connectivity index (χ3v) is 3.91. The van der Waals surface area contributed by atoms with Crippen molar-refractivity contribution in [1.29, 1.82) is 0 Å². The number of nitrogens with zero attached hydrogens (tertiary/aromatic N) is 2. The van der Waals surface area contributed by atoms with Crippen molar-refractivity contribution in [2.75, 3.05) is 0 Å². The summed E-state index contributed by atoms with van der Waals surface area (Å²) < 4.78 is 0. The van der Waals surface area contributed by atoms with Crippen LogP contribution in [0, 0.1) is 10.1 Å². The molecular weight excluding hydrogens is 339 g/mol. The number of benzene rings is 1. The molecule has 0 fully saturated rings. The summed E-state index contributed by atoms with van der Waals surface area (Å²) in [4.78, 5) is 25.7. The average Bonchev–Trinajstić information content (AvgIpc) is 2.42. The number of carboxylic acids is 1. The van der Waals surface area contributed by atoms with Crippen LogP contribution in [0.25, 0.3) is 0 Å². The van der Waals surface area contributed by atoms with Crippen molar-refractivity contribution in [3.8, 4) is 0 Å². The second kappa shape index (κ2) is 6.30. The Kier molecular flexibility index (Phi) is 4.66. The maximum Gasteiger partial charge on any atom is 0.337 e. The smallest absolute Gasteiger partial charge is 0.337 e. The number of aromatic nitrogens is 1. The van der Waals surface area contributed by atoms with Gasteiger partial charge in [-0.05, 0) is 18.2 Å². The number of pyridine rings is 1. The van der Waals surface area contributed by atoms with Crippen LogP contribution in [0.5, 0.6) is 0 Å². The Labute approximate surface area is 132 Å². The lowest BCUT2D eigenvalue weighted by atomic mass is 10.2. The van der Waals surface area contributed by atoms with Crippen LogP contribution in [0.2, 0.25) is 10.0 Å². The van der Waals surface area contributed by atoms with Gasteiger partial charge in [0.15, 0.2) is 5.03 Å². The molecule has 0 atom stereocenters. The van der Waals surface area contributed by atoms with Crippen LogP contribution < -0.4 is 0 Å². The fraction of sp³-hybridized carbons (Fsp3) is 0. The number of hydrogen-bond acceptors (Lipinski definition) is 5. The predicted octanol–water partition coefficient (Wildman–Crippen LogP) is 4.15. The van der Waals surface area contributed by atoms with E-state index in [9.17, 15) is 14.9 Å². The first-order valence-electron chi connectivity index (χ1n) is 5.39. The molecular formula is C12H6Cl2N2O4S. The maximum absolute atomic E-state index is 11.0. The number of carbonyl (C=O) groups is 1. The number of halogens is 2. The van der Waals surface area contributed by atoms with Crippen molar-refractivity contribution in [2.45, 2.75) is 9.92 Å². The Hall–Kier alpha value is -1.83.